The summed E-state index contributed by atoms with van der Waals surface area (Å²) in [5.74, 6) is 1.19. The summed E-state index contributed by atoms with van der Waals surface area (Å²) in [6, 6.07) is 0.357. The van der Waals surface area contributed by atoms with Crippen molar-refractivity contribution < 1.29 is 0 Å². The normalized spacial score (nSPS) is 17.6. The Bertz CT molecular complexity index is 392. The first kappa shape index (κ1) is 13.3. The van der Waals surface area contributed by atoms with E-state index in [1.807, 2.05) is 13.2 Å². The maximum absolute atomic E-state index is 4.54. The van der Waals surface area contributed by atoms with Crippen molar-refractivity contribution in [2.75, 3.05) is 7.05 Å². The van der Waals surface area contributed by atoms with Crippen molar-refractivity contribution in [1.82, 2.24) is 14.9 Å². The summed E-state index contributed by atoms with van der Waals surface area (Å²) in [5, 5.41) is 3.43. The Morgan fingerprint density at radius 1 is 1.44 bits per heavy atom. The van der Waals surface area contributed by atoms with Gasteiger partial charge in [0.15, 0.2) is 0 Å². The van der Waals surface area contributed by atoms with E-state index in [1.165, 1.54) is 31.5 Å². The lowest BCUT2D eigenvalue weighted by Crippen LogP contribution is -2.21. The number of rotatable bonds is 6. The van der Waals surface area contributed by atoms with Gasteiger partial charge in [0.05, 0.1) is 6.04 Å². The maximum atomic E-state index is 4.54. The van der Waals surface area contributed by atoms with Crippen molar-refractivity contribution in [3.8, 4) is 0 Å². The minimum Gasteiger partial charge on any atom is -0.334 e. The summed E-state index contributed by atoms with van der Waals surface area (Å²) in [5.41, 5.74) is 1.60. The molecule has 1 unspecified atom stereocenters. The third-order valence-electron chi connectivity index (χ3n) is 3.72. The molecular formula is C15H25N3. The Morgan fingerprint density at radius 2 is 2.33 bits per heavy atom. The monoisotopic (exact) mass is 247 g/mol. The highest BCUT2D eigenvalue weighted by molar-refractivity contribution is 5.11. The van der Waals surface area contributed by atoms with Gasteiger partial charge >= 0.3 is 0 Å². The summed E-state index contributed by atoms with van der Waals surface area (Å²) in [6.45, 7) is 3.27. The minimum atomic E-state index is 0.357. The van der Waals surface area contributed by atoms with Gasteiger partial charge in [0.2, 0.25) is 0 Å². The minimum absolute atomic E-state index is 0.357. The second kappa shape index (κ2) is 6.74. The van der Waals surface area contributed by atoms with Gasteiger partial charge in [0.25, 0.3) is 0 Å². The number of hydrogen-bond donors (Lipinski definition) is 1. The van der Waals surface area contributed by atoms with E-state index in [0.717, 1.165) is 19.4 Å². The number of nitrogens with one attached hydrogen (secondary N) is 1. The van der Waals surface area contributed by atoms with E-state index in [2.05, 4.69) is 34.1 Å². The van der Waals surface area contributed by atoms with Crippen molar-refractivity contribution in [1.29, 1.82) is 0 Å². The maximum Gasteiger partial charge on any atom is 0.126 e. The number of hydrogen-bond acceptors (Lipinski definition) is 2. The fourth-order valence-electron chi connectivity index (χ4n) is 2.74. The molecule has 3 heteroatoms. The van der Waals surface area contributed by atoms with Gasteiger partial charge in [-0.3, -0.25) is 0 Å². The molecule has 0 spiro atoms. The zero-order valence-electron chi connectivity index (χ0n) is 11.7. The van der Waals surface area contributed by atoms with Crippen molar-refractivity contribution in [3.63, 3.8) is 0 Å². The van der Waals surface area contributed by atoms with E-state index in [-0.39, 0.29) is 0 Å². The second-order valence-corrected chi connectivity index (χ2v) is 5.13. The van der Waals surface area contributed by atoms with Gasteiger partial charge in [0, 0.05) is 18.9 Å². The van der Waals surface area contributed by atoms with Crippen molar-refractivity contribution in [2.45, 2.75) is 58.0 Å². The highest BCUT2D eigenvalue weighted by Crippen LogP contribution is 2.26. The summed E-state index contributed by atoms with van der Waals surface area (Å²) >= 11 is 0. The number of allylic oxidation sites excluding steroid dienone is 1. The molecule has 1 heterocycles. The second-order valence-electron chi connectivity index (χ2n) is 5.13. The van der Waals surface area contributed by atoms with Crippen molar-refractivity contribution >= 4 is 0 Å². The molecule has 1 aliphatic carbocycles. The zero-order valence-corrected chi connectivity index (χ0v) is 11.7. The Morgan fingerprint density at radius 3 is 3.00 bits per heavy atom. The van der Waals surface area contributed by atoms with E-state index in [0.29, 0.717) is 6.04 Å². The molecule has 18 heavy (non-hydrogen) atoms. The number of imidazole rings is 1. The summed E-state index contributed by atoms with van der Waals surface area (Å²) < 4.78 is 2.28. The first-order valence-electron chi connectivity index (χ1n) is 7.21. The third kappa shape index (κ3) is 3.22. The molecule has 0 bridgehead atoms. The standard InChI is InChI=1S/C15H25N3/c1-3-10-18-11-9-17-15(18)14(16-2)12-13-7-5-4-6-8-13/h7,9,11,14,16H,3-6,8,10,12H2,1-2H3. The van der Waals surface area contributed by atoms with Crippen LogP contribution in [0.15, 0.2) is 24.0 Å². The highest BCUT2D eigenvalue weighted by Gasteiger charge is 2.17. The average molecular weight is 247 g/mol. The van der Waals surface area contributed by atoms with E-state index in [9.17, 15) is 0 Å². The molecule has 0 amide bonds. The van der Waals surface area contributed by atoms with Crippen LogP contribution in [-0.2, 0) is 6.54 Å². The van der Waals surface area contributed by atoms with E-state index in [1.54, 1.807) is 5.57 Å². The van der Waals surface area contributed by atoms with Crippen molar-refractivity contribution in [2.24, 2.45) is 0 Å². The van der Waals surface area contributed by atoms with Crippen LogP contribution < -0.4 is 5.32 Å². The van der Waals surface area contributed by atoms with Crippen LogP contribution >= 0.6 is 0 Å². The highest BCUT2D eigenvalue weighted by atomic mass is 15.1. The quantitative estimate of drug-likeness (QED) is 0.780. The van der Waals surface area contributed by atoms with Gasteiger partial charge in [-0.15, -0.1) is 0 Å². The van der Waals surface area contributed by atoms with E-state index in [4.69, 9.17) is 0 Å². The summed E-state index contributed by atoms with van der Waals surface area (Å²) in [4.78, 5) is 4.54. The lowest BCUT2D eigenvalue weighted by molar-refractivity contribution is 0.498. The molecule has 1 aliphatic rings. The molecule has 0 fully saturated rings. The van der Waals surface area contributed by atoms with Gasteiger partial charge in [-0.25, -0.2) is 4.98 Å². The molecule has 1 N–H and O–H groups in total. The fourth-order valence-corrected chi connectivity index (χ4v) is 2.74. The molecule has 0 saturated carbocycles. The summed E-state index contributed by atoms with van der Waals surface area (Å²) in [6.07, 6.45) is 14.0. The molecule has 0 aromatic carbocycles. The van der Waals surface area contributed by atoms with Gasteiger partial charge in [-0.1, -0.05) is 18.6 Å². The van der Waals surface area contributed by atoms with Gasteiger partial charge in [0.1, 0.15) is 5.82 Å². The molecule has 1 aromatic rings. The Balaban J connectivity index is 2.07. The van der Waals surface area contributed by atoms with Crippen LogP contribution in [0.2, 0.25) is 0 Å². The van der Waals surface area contributed by atoms with Gasteiger partial charge < -0.3 is 9.88 Å². The van der Waals surface area contributed by atoms with Crippen LogP contribution in [0.5, 0.6) is 0 Å². The summed E-state index contributed by atoms with van der Waals surface area (Å²) in [7, 11) is 2.04. The SMILES string of the molecule is CCCn1ccnc1C(CC1=CCCCC1)NC. The predicted molar refractivity (Wildman–Crippen MR) is 75.5 cm³/mol. The molecule has 0 aliphatic heterocycles. The largest absolute Gasteiger partial charge is 0.334 e. The third-order valence-corrected chi connectivity index (χ3v) is 3.72. The molecular weight excluding hydrogens is 222 g/mol. The predicted octanol–water partition coefficient (Wildman–Crippen LogP) is 3.44. The molecule has 3 nitrogen and oxygen atoms in total. The van der Waals surface area contributed by atoms with Crippen LogP contribution in [0.3, 0.4) is 0 Å². The van der Waals surface area contributed by atoms with Gasteiger partial charge in [-0.05, 0) is 45.6 Å². The Labute approximate surface area is 110 Å². The van der Waals surface area contributed by atoms with Crippen LogP contribution in [0.25, 0.3) is 0 Å². The number of aryl methyl sites for hydroxylation is 1. The molecule has 0 saturated heterocycles. The smallest absolute Gasteiger partial charge is 0.126 e. The van der Waals surface area contributed by atoms with Crippen molar-refractivity contribution in [3.05, 3.63) is 29.9 Å². The first-order chi connectivity index (χ1) is 8.85. The lowest BCUT2D eigenvalue weighted by Gasteiger charge is -2.21. The number of nitrogens with zero attached hydrogens (tertiary/aromatic N) is 2. The van der Waals surface area contributed by atoms with Crippen LogP contribution in [0, 0.1) is 0 Å². The lowest BCUT2D eigenvalue weighted by atomic mass is 9.94. The average Bonchev–Trinajstić information content (AvgIpc) is 2.86. The van der Waals surface area contributed by atoms with Gasteiger partial charge in [-0.2, -0.15) is 0 Å². The molecule has 2 rings (SSSR count). The van der Waals surface area contributed by atoms with E-state index < -0.39 is 0 Å². The van der Waals surface area contributed by atoms with E-state index >= 15 is 0 Å². The molecule has 1 aromatic heterocycles. The molecule has 1 atom stereocenters. The van der Waals surface area contributed by atoms with Crippen LogP contribution in [-0.4, -0.2) is 16.6 Å². The van der Waals surface area contributed by atoms with Crippen LogP contribution in [0.1, 0.15) is 57.3 Å². The first-order valence-corrected chi connectivity index (χ1v) is 7.21. The Hall–Kier alpha value is -1.09. The topological polar surface area (TPSA) is 29.9 Å². The fraction of sp³-hybridized carbons (Fsp3) is 0.667. The zero-order chi connectivity index (χ0) is 12.8. The van der Waals surface area contributed by atoms with Crippen LogP contribution in [0.4, 0.5) is 0 Å². The Kier molecular flexibility index (Phi) is 5.00. The molecule has 100 valence electrons. The number of aromatic nitrogens is 2. The molecule has 0 radical (unpaired) electrons.